The van der Waals surface area contributed by atoms with Gasteiger partial charge >= 0.3 is 5.97 Å². The summed E-state index contributed by atoms with van der Waals surface area (Å²) in [5.74, 6) is 0.244. The van der Waals surface area contributed by atoms with E-state index in [4.69, 9.17) is 4.74 Å². The SMILES string of the molecule is CCOC(=O)C1(NC(C)C)CCCC1CCn1ccnc1. The topological polar surface area (TPSA) is 56.1 Å². The van der Waals surface area contributed by atoms with Gasteiger partial charge in [-0.2, -0.15) is 0 Å². The third-order valence-corrected chi connectivity index (χ3v) is 4.30. The summed E-state index contributed by atoms with van der Waals surface area (Å²) in [5.41, 5.74) is -0.509. The summed E-state index contributed by atoms with van der Waals surface area (Å²) in [5, 5.41) is 3.52. The molecule has 118 valence electrons. The number of carbonyl (C=O) groups excluding carboxylic acids is 1. The summed E-state index contributed by atoms with van der Waals surface area (Å²) in [4.78, 5) is 16.6. The molecule has 1 aliphatic carbocycles. The minimum atomic E-state index is -0.509. The van der Waals surface area contributed by atoms with Crippen molar-refractivity contribution in [2.75, 3.05) is 6.61 Å². The molecule has 1 aromatic heterocycles. The van der Waals surface area contributed by atoms with E-state index < -0.39 is 5.54 Å². The number of nitrogens with one attached hydrogen (secondary N) is 1. The number of hydrogen-bond donors (Lipinski definition) is 1. The third kappa shape index (κ3) is 3.64. The molecule has 1 fully saturated rings. The molecule has 1 aliphatic rings. The lowest BCUT2D eigenvalue weighted by Gasteiger charge is -2.36. The summed E-state index contributed by atoms with van der Waals surface area (Å²) < 4.78 is 7.45. The molecule has 0 amide bonds. The number of nitrogens with zero attached hydrogens (tertiary/aromatic N) is 2. The van der Waals surface area contributed by atoms with Crippen LogP contribution in [0.25, 0.3) is 0 Å². The number of hydrogen-bond acceptors (Lipinski definition) is 4. The summed E-state index contributed by atoms with van der Waals surface area (Å²) in [7, 11) is 0. The molecule has 1 N–H and O–H groups in total. The first-order chi connectivity index (χ1) is 10.1. The van der Waals surface area contributed by atoms with Crippen molar-refractivity contribution in [3.05, 3.63) is 18.7 Å². The molecule has 0 aliphatic heterocycles. The van der Waals surface area contributed by atoms with Gasteiger partial charge < -0.3 is 9.30 Å². The molecular formula is C16H27N3O2. The monoisotopic (exact) mass is 293 g/mol. The molecule has 1 heterocycles. The molecule has 2 rings (SSSR count). The molecule has 2 atom stereocenters. The standard InChI is InChI=1S/C16H27N3O2/c1-4-21-15(20)16(18-13(2)3)8-5-6-14(16)7-10-19-11-9-17-12-19/h9,11-14,18H,4-8,10H2,1-3H3. The first-order valence-corrected chi connectivity index (χ1v) is 7.99. The van der Waals surface area contributed by atoms with Crippen LogP contribution in [0.2, 0.25) is 0 Å². The number of aromatic nitrogens is 2. The zero-order chi connectivity index (χ0) is 15.3. The van der Waals surface area contributed by atoms with Crippen molar-refractivity contribution < 1.29 is 9.53 Å². The number of ether oxygens (including phenoxy) is 1. The highest BCUT2D eigenvalue weighted by atomic mass is 16.5. The summed E-state index contributed by atoms with van der Waals surface area (Å²) in [6.07, 6.45) is 9.58. The molecular weight excluding hydrogens is 266 g/mol. The van der Waals surface area contributed by atoms with Crippen LogP contribution in [0.1, 0.15) is 46.5 Å². The Balaban J connectivity index is 2.10. The normalized spacial score (nSPS) is 25.4. The van der Waals surface area contributed by atoms with E-state index in [0.29, 0.717) is 12.5 Å². The minimum Gasteiger partial charge on any atom is -0.465 e. The van der Waals surface area contributed by atoms with Gasteiger partial charge in [0.15, 0.2) is 0 Å². The average Bonchev–Trinajstić information content (AvgIpc) is 3.06. The maximum Gasteiger partial charge on any atom is 0.326 e. The van der Waals surface area contributed by atoms with Gasteiger partial charge in [-0.3, -0.25) is 10.1 Å². The fourth-order valence-electron chi connectivity index (χ4n) is 3.49. The quantitative estimate of drug-likeness (QED) is 0.784. The molecule has 0 spiro atoms. The number of carbonyl (C=O) groups is 1. The molecule has 2 unspecified atom stereocenters. The minimum absolute atomic E-state index is 0.0770. The smallest absolute Gasteiger partial charge is 0.326 e. The van der Waals surface area contributed by atoms with Crippen molar-refractivity contribution in [2.45, 2.75) is 64.6 Å². The molecule has 0 bridgehead atoms. The van der Waals surface area contributed by atoms with E-state index in [9.17, 15) is 4.79 Å². The van der Waals surface area contributed by atoms with Crippen LogP contribution in [0.4, 0.5) is 0 Å². The van der Waals surface area contributed by atoms with Gasteiger partial charge in [0.05, 0.1) is 12.9 Å². The van der Waals surface area contributed by atoms with Crippen LogP contribution in [0.15, 0.2) is 18.7 Å². The fraction of sp³-hybridized carbons (Fsp3) is 0.750. The van der Waals surface area contributed by atoms with Gasteiger partial charge in [0.1, 0.15) is 5.54 Å². The third-order valence-electron chi connectivity index (χ3n) is 4.30. The largest absolute Gasteiger partial charge is 0.465 e. The van der Waals surface area contributed by atoms with Crippen LogP contribution in [-0.2, 0) is 16.1 Å². The highest BCUT2D eigenvalue weighted by Crippen LogP contribution is 2.39. The number of esters is 1. The lowest BCUT2D eigenvalue weighted by atomic mass is 9.83. The van der Waals surface area contributed by atoms with Gasteiger partial charge in [-0.05, 0) is 46.0 Å². The Hall–Kier alpha value is -1.36. The van der Waals surface area contributed by atoms with Gasteiger partial charge in [0.2, 0.25) is 0 Å². The second-order valence-electron chi connectivity index (χ2n) is 6.17. The highest BCUT2D eigenvalue weighted by molar-refractivity contribution is 5.82. The maximum atomic E-state index is 12.6. The second kappa shape index (κ2) is 7.07. The Kier molecular flexibility index (Phi) is 5.39. The lowest BCUT2D eigenvalue weighted by Crippen LogP contribution is -2.58. The molecule has 5 nitrogen and oxygen atoms in total. The summed E-state index contributed by atoms with van der Waals surface area (Å²) >= 11 is 0. The van der Waals surface area contributed by atoms with Crippen LogP contribution in [0.3, 0.4) is 0 Å². The number of imidazole rings is 1. The van der Waals surface area contributed by atoms with Crippen molar-refractivity contribution >= 4 is 5.97 Å². The van der Waals surface area contributed by atoms with E-state index in [1.165, 1.54) is 0 Å². The first-order valence-electron chi connectivity index (χ1n) is 7.99. The molecule has 1 saturated carbocycles. The van der Waals surface area contributed by atoms with Gasteiger partial charge in [-0.25, -0.2) is 4.98 Å². The van der Waals surface area contributed by atoms with Crippen LogP contribution in [0, 0.1) is 5.92 Å². The molecule has 1 aromatic rings. The van der Waals surface area contributed by atoms with Crippen LogP contribution in [-0.4, -0.2) is 33.7 Å². The predicted molar refractivity (Wildman–Crippen MR) is 81.8 cm³/mol. The van der Waals surface area contributed by atoms with Gasteiger partial charge in [0.25, 0.3) is 0 Å². The van der Waals surface area contributed by atoms with Gasteiger partial charge in [-0.1, -0.05) is 6.42 Å². The van der Waals surface area contributed by atoms with Gasteiger partial charge in [-0.15, -0.1) is 0 Å². The van der Waals surface area contributed by atoms with Crippen molar-refractivity contribution in [1.29, 1.82) is 0 Å². The Labute approximate surface area is 127 Å². The van der Waals surface area contributed by atoms with E-state index in [-0.39, 0.29) is 12.0 Å². The van der Waals surface area contributed by atoms with E-state index in [1.807, 2.05) is 19.4 Å². The maximum absolute atomic E-state index is 12.6. The van der Waals surface area contributed by atoms with E-state index in [0.717, 1.165) is 32.2 Å². The van der Waals surface area contributed by atoms with Crippen LogP contribution < -0.4 is 5.32 Å². The number of rotatable bonds is 7. The molecule has 0 saturated heterocycles. The summed E-state index contributed by atoms with van der Waals surface area (Å²) in [6, 6.07) is 0.267. The second-order valence-corrected chi connectivity index (χ2v) is 6.17. The average molecular weight is 293 g/mol. The van der Waals surface area contributed by atoms with E-state index in [1.54, 1.807) is 6.20 Å². The lowest BCUT2D eigenvalue weighted by molar-refractivity contribution is -0.153. The predicted octanol–water partition coefficient (Wildman–Crippen LogP) is 2.37. The molecule has 21 heavy (non-hydrogen) atoms. The van der Waals surface area contributed by atoms with Crippen molar-refractivity contribution in [3.8, 4) is 0 Å². The fourth-order valence-corrected chi connectivity index (χ4v) is 3.49. The van der Waals surface area contributed by atoms with Crippen molar-refractivity contribution in [2.24, 2.45) is 5.92 Å². The highest BCUT2D eigenvalue weighted by Gasteiger charge is 2.49. The van der Waals surface area contributed by atoms with Crippen LogP contribution >= 0.6 is 0 Å². The first kappa shape index (κ1) is 16.0. The Morgan fingerprint density at radius 1 is 1.57 bits per heavy atom. The molecule has 5 heteroatoms. The zero-order valence-electron chi connectivity index (χ0n) is 13.3. The summed E-state index contributed by atoms with van der Waals surface area (Å²) in [6.45, 7) is 7.38. The zero-order valence-corrected chi connectivity index (χ0v) is 13.3. The van der Waals surface area contributed by atoms with Crippen LogP contribution in [0.5, 0.6) is 0 Å². The van der Waals surface area contributed by atoms with E-state index in [2.05, 4.69) is 28.7 Å². The Morgan fingerprint density at radius 3 is 3.00 bits per heavy atom. The van der Waals surface area contributed by atoms with E-state index >= 15 is 0 Å². The number of aryl methyl sites for hydroxylation is 1. The molecule has 0 radical (unpaired) electrons. The Morgan fingerprint density at radius 2 is 2.38 bits per heavy atom. The van der Waals surface area contributed by atoms with Crippen molar-refractivity contribution in [1.82, 2.24) is 14.9 Å². The molecule has 0 aromatic carbocycles. The van der Waals surface area contributed by atoms with Gasteiger partial charge in [0, 0.05) is 25.0 Å². The van der Waals surface area contributed by atoms with Crippen molar-refractivity contribution in [3.63, 3.8) is 0 Å². The Bertz CT molecular complexity index is 444.